The molecule has 16 heavy (non-hydrogen) atoms. The van der Waals surface area contributed by atoms with Crippen molar-refractivity contribution in [1.29, 1.82) is 0 Å². The summed E-state index contributed by atoms with van der Waals surface area (Å²) in [5, 5.41) is 9.91. The maximum Gasteiger partial charge on any atom is 0.421 e. The summed E-state index contributed by atoms with van der Waals surface area (Å²) in [6, 6.07) is 6.30. The van der Waals surface area contributed by atoms with Gasteiger partial charge in [-0.3, -0.25) is 0 Å². The Kier molecular flexibility index (Phi) is 2.70. The summed E-state index contributed by atoms with van der Waals surface area (Å²) < 4.78 is 38.8. The first-order chi connectivity index (χ1) is 7.45. The zero-order valence-corrected chi connectivity index (χ0v) is 8.72. The van der Waals surface area contributed by atoms with E-state index < -0.39 is 11.8 Å². The average molecular weight is 230 g/mol. The van der Waals surface area contributed by atoms with Gasteiger partial charge in [0.05, 0.1) is 0 Å². The first-order valence-corrected chi connectivity index (χ1v) is 5.33. The molecule has 1 N–H and O–H groups in total. The number of fused-ring (bicyclic) bond motifs is 1. The van der Waals surface area contributed by atoms with Crippen LogP contribution in [0.3, 0.4) is 0 Å². The molecule has 0 heterocycles. The number of benzene rings is 1. The molecule has 2 rings (SSSR count). The summed E-state index contributed by atoms with van der Waals surface area (Å²) in [7, 11) is 0. The van der Waals surface area contributed by atoms with Gasteiger partial charge in [0, 0.05) is 0 Å². The molecule has 1 aliphatic rings. The molecule has 1 aromatic carbocycles. The highest BCUT2D eigenvalue weighted by atomic mass is 19.4. The summed E-state index contributed by atoms with van der Waals surface area (Å²) in [6.07, 6.45) is -3.16. The molecule has 0 aliphatic heterocycles. The van der Waals surface area contributed by atoms with E-state index in [4.69, 9.17) is 0 Å². The number of hydrogen-bond donors (Lipinski definition) is 1. The Morgan fingerprint density at radius 1 is 1.12 bits per heavy atom. The fourth-order valence-corrected chi connectivity index (χ4v) is 2.27. The van der Waals surface area contributed by atoms with Crippen molar-refractivity contribution < 1.29 is 18.3 Å². The first-order valence-electron chi connectivity index (χ1n) is 5.33. The van der Waals surface area contributed by atoms with Crippen molar-refractivity contribution in [3.8, 4) is 0 Å². The highest BCUT2D eigenvalue weighted by Crippen LogP contribution is 2.45. The molecule has 1 atom stereocenters. The second kappa shape index (κ2) is 3.77. The van der Waals surface area contributed by atoms with Crippen molar-refractivity contribution in [2.45, 2.75) is 37.5 Å². The minimum atomic E-state index is -4.60. The van der Waals surface area contributed by atoms with Crippen molar-refractivity contribution in [1.82, 2.24) is 0 Å². The number of halogens is 3. The van der Waals surface area contributed by atoms with Crippen LogP contribution in [0.5, 0.6) is 0 Å². The van der Waals surface area contributed by atoms with Crippen LogP contribution in [0.4, 0.5) is 13.2 Å². The Balaban J connectivity index is 2.55. The highest BCUT2D eigenvalue weighted by Gasteiger charge is 2.55. The maximum atomic E-state index is 12.9. The number of rotatable bonds is 0. The van der Waals surface area contributed by atoms with E-state index in [1.807, 2.05) is 0 Å². The van der Waals surface area contributed by atoms with Gasteiger partial charge in [-0.2, -0.15) is 13.2 Å². The molecule has 4 heteroatoms. The second-order valence-corrected chi connectivity index (χ2v) is 4.22. The molecule has 1 aromatic rings. The SMILES string of the molecule is O[C@]1(C(F)(F)F)CCCCc2ccccc21. The normalized spacial score (nSPS) is 26.0. The first kappa shape index (κ1) is 11.5. The predicted octanol–water partition coefficient (Wildman–Crippen LogP) is 3.16. The molecule has 1 nitrogen and oxygen atoms in total. The van der Waals surface area contributed by atoms with Crippen molar-refractivity contribution in [2.75, 3.05) is 0 Å². The summed E-state index contributed by atoms with van der Waals surface area (Å²) in [5.74, 6) is 0. The third-order valence-corrected chi connectivity index (χ3v) is 3.17. The van der Waals surface area contributed by atoms with Crippen LogP contribution in [-0.4, -0.2) is 11.3 Å². The molecule has 0 saturated heterocycles. The minimum Gasteiger partial charge on any atom is -0.376 e. The fraction of sp³-hybridized carbons (Fsp3) is 0.500. The summed E-state index contributed by atoms with van der Waals surface area (Å²) in [6.45, 7) is 0. The van der Waals surface area contributed by atoms with Crippen LogP contribution in [0.15, 0.2) is 24.3 Å². The average Bonchev–Trinajstić information content (AvgIpc) is 2.39. The van der Waals surface area contributed by atoms with Crippen molar-refractivity contribution in [3.05, 3.63) is 35.4 Å². The van der Waals surface area contributed by atoms with Gasteiger partial charge in [0.1, 0.15) is 0 Å². The molecule has 0 spiro atoms. The van der Waals surface area contributed by atoms with Gasteiger partial charge in [-0.25, -0.2) is 0 Å². The zero-order chi connectivity index (χ0) is 11.8. The molecule has 1 aliphatic carbocycles. The van der Waals surface area contributed by atoms with Gasteiger partial charge in [-0.1, -0.05) is 24.3 Å². The van der Waals surface area contributed by atoms with Crippen LogP contribution in [0.25, 0.3) is 0 Å². The number of aliphatic hydroxyl groups is 1. The maximum absolute atomic E-state index is 12.9. The Hall–Kier alpha value is -1.03. The van der Waals surface area contributed by atoms with Gasteiger partial charge in [-0.05, 0) is 36.8 Å². The smallest absolute Gasteiger partial charge is 0.376 e. The lowest BCUT2D eigenvalue weighted by atomic mass is 9.87. The van der Waals surface area contributed by atoms with Crippen molar-refractivity contribution >= 4 is 0 Å². The van der Waals surface area contributed by atoms with Crippen LogP contribution in [0.1, 0.15) is 30.4 Å². The number of hydrogen-bond acceptors (Lipinski definition) is 1. The molecule has 0 bridgehead atoms. The van der Waals surface area contributed by atoms with Crippen LogP contribution in [0.2, 0.25) is 0 Å². The topological polar surface area (TPSA) is 20.2 Å². The molecule has 0 fully saturated rings. The molecular weight excluding hydrogens is 217 g/mol. The highest BCUT2D eigenvalue weighted by molar-refractivity contribution is 5.34. The van der Waals surface area contributed by atoms with E-state index >= 15 is 0 Å². The van der Waals surface area contributed by atoms with Gasteiger partial charge in [0.25, 0.3) is 0 Å². The molecular formula is C12H13F3O. The quantitative estimate of drug-likeness (QED) is 0.679. The predicted molar refractivity (Wildman–Crippen MR) is 53.9 cm³/mol. The van der Waals surface area contributed by atoms with Crippen molar-refractivity contribution in [3.63, 3.8) is 0 Å². The monoisotopic (exact) mass is 230 g/mol. The van der Waals surface area contributed by atoms with E-state index in [0.29, 0.717) is 24.8 Å². The van der Waals surface area contributed by atoms with Crippen LogP contribution in [0, 0.1) is 0 Å². The number of alkyl halides is 3. The molecule has 88 valence electrons. The third kappa shape index (κ3) is 1.71. The largest absolute Gasteiger partial charge is 0.421 e. The lowest BCUT2D eigenvalue weighted by Gasteiger charge is -2.31. The van der Waals surface area contributed by atoms with Crippen molar-refractivity contribution in [2.24, 2.45) is 0 Å². The van der Waals surface area contributed by atoms with Gasteiger partial charge in [0.2, 0.25) is 0 Å². The van der Waals surface area contributed by atoms with Crippen LogP contribution >= 0.6 is 0 Å². The lowest BCUT2D eigenvalue weighted by Crippen LogP contribution is -2.42. The molecule has 0 aromatic heterocycles. The zero-order valence-electron chi connectivity index (χ0n) is 8.72. The summed E-state index contributed by atoms with van der Waals surface area (Å²) >= 11 is 0. The molecule has 0 saturated carbocycles. The lowest BCUT2D eigenvalue weighted by molar-refractivity contribution is -0.269. The number of aryl methyl sites for hydroxylation is 1. The summed E-state index contributed by atoms with van der Waals surface area (Å²) in [5.41, 5.74) is -2.03. The third-order valence-electron chi connectivity index (χ3n) is 3.17. The van der Waals surface area contributed by atoms with Crippen LogP contribution in [-0.2, 0) is 12.0 Å². The van der Waals surface area contributed by atoms with E-state index in [-0.39, 0.29) is 12.0 Å². The second-order valence-electron chi connectivity index (χ2n) is 4.22. The van der Waals surface area contributed by atoms with E-state index in [9.17, 15) is 18.3 Å². The van der Waals surface area contributed by atoms with E-state index in [1.54, 1.807) is 18.2 Å². The summed E-state index contributed by atoms with van der Waals surface area (Å²) in [4.78, 5) is 0. The standard InChI is InChI=1S/C12H13F3O/c13-12(14,15)11(16)8-4-3-6-9-5-1-2-7-10(9)11/h1-2,5,7,16H,3-4,6,8H2/t11-/m1/s1. The Bertz CT molecular complexity index is 386. The Morgan fingerprint density at radius 3 is 2.50 bits per heavy atom. The molecule has 0 unspecified atom stereocenters. The van der Waals surface area contributed by atoms with E-state index in [2.05, 4.69) is 0 Å². The van der Waals surface area contributed by atoms with Gasteiger partial charge < -0.3 is 5.11 Å². The fourth-order valence-electron chi connectivity index (χ4n) is 2.27. The molecule has 0 amide bonds. The minimum absolute atomic E-state index is 0.0278. The molecule has 0 radical (unpaired) electrons. The van der Waals surface area contributed by atoms with Gasteiger partial charge in [0.15, 0.2) is 5.60 Å². The van der Waals surface area contributed by atoms with E-state index in [1.165, 1.54) is 6.07 Å². The van der Waals surface area contributed by atoms with Gasteiger partial charge in [-0.15, -0.1) is 0 Å². The van der Waals surface area contributed by atoms with Gasteiger partial charge >= 0.3 is 6.18 Å². The Labute approximate surface area is 91.9 Å². The van der Waals surface area contributed by atoms with E-state index in [0.717, 1.165) is 0 Å². The van der Waals surface area contributed by atoms with Crippen LogP contribution < -0.4 is 0 Å². The Morgan fingerprint density at radius 2 is 1.81 bits per heavy atom.